The molecule has 28 heavy (non-hydrogen) atoms. The zero-order chi connectivity index (χ0) is 19.9. The monoisotopic (exact) mass is 399 g/mol. The first-order valence-corrected chi connectivity index (χ1v) is 9.54. The molecule has 6 nitrogen and oxygen atoms in total. The summed E-state index contributed by atoms with van der Waals surface area (Å²) in [4.78, 5) is 40.1. The maximum Gasteiger partial charge on any atom is 0.288 e. The Morgan fingerprint density at radius 1 is 0.929 bits per heavy atom. The second-order valence-electron chi connectivity index (χ2n) is 6.62. The summed E-state index contributed by atoms with van der Waals surface area (Å²) >= 11 is 6.03. The number of ketones is 1. The van der Waals surface area contributed by atoms with Crippen molar-refractivity contribution in [3.63, 3.8) is 0 Å². The lowest BCUT2D eigenvalue weighted by Gasteiger charge is -2.36. The van der Waals surface area contributed by atoms with Gasteiger partial charge in [-0.15, -0.1) is 0 Å². The number of carbonyl (C=O) groups is 3. The molecule has 0 atom stereocenters. The molecule has 0 unspecified atom stereocenters. The predicted octanol–water partition coefficient (Wildman–Crippen LogP) is 1.92. The molecule has 0 saturated carbocycles. The number of hydrogen-bond acceptors (Lipinski definition) is 4. The first kappa shape index (κ1) is 19.9. The van der Waals surface area contributed by atoms with Gasteiger partial charge in [-0.1, -0.05) is 48.0 Å². The van der Waals surface area contributed by atoms with Crippen LogP contribution >= 0.6 is 11.6 Å². The SMILES string of the molecule is O=C(Cc1ccccc1)C(=O)NCC(=O)N1CCN(c2cccc(Cl)c2)CC1. The maximum absolute atomic E-state index is 12.3. The molecule has 3 rings (SSSR count). The van der Waals surface area contributed by atoms with E-state index < -0.39 is 11.7 Å². The lowest BCUT2D eigenvalue weighted by molar-refractivity contribution is -0.139. The van der Waals surface area contributed by atoms with Crippen molar-refractivity contribution < 1.29 is 14.4 Å². The summed E-state index contributed by atoms with van der Waals surface area (Å²) in [6.07, 6.45) is 0.0270. The Kier molecular flexibility index (Phi) is 6.66. The quantitative estimate of drug-likeness (QED) is 0.753. The van der Waals surface area contributed by atoms with Crippen LogP contribution < -0.4 is 10.2 Å². The molecule has 0 aliphatic carbocycles. The number of benzene rings is 2. The van der Waals surface area contributed by atoms with Crippen LogP contribution in [0.25, 0.3) is 0 Å². The van der Waals surface area contributed by atoms with Crippen molar-refractivity contribution in [2.24, 2.45) is 0 Å². The Hall–Kier alpha value is -2.86. The minimum atomic E-state index is -0.727. The van der Waals surface area contributed by atoms with Gasteiger partial charge in [0.05, 0.1) is 6.54 Å². The van der Waals surface area contributed by atoms with E-state index in [0.29, 0.717) is 31.2 Å². The van der Waals surface area contributed by atoms with Gasteiger partial charge < -0.3 is 15.1 Å². The van der Waals surface area contributed by atoms with E-state index in [4.69, 9.17) is 11.6 Å². The molecule has 0 aromatic heterocycles. The Morgan fingerprint density at radius 2 is 1.64 bits per heavy atom. The Bertz CT molecular complexity index is 849. The number of halogens is 1. The van der Waals surface area contributed by atoms with Crippen LogP contribution in [0.2, 0.25) is 5.02 Å². The molecule has 1 N–H and O–H groups in total. The average molecular weight is 400 g/mol. The van der Waals surface area contributed by atoms with Gasteiger partial charge in [0.1, 0.15) is 0 Å². The molecule has 1 aliphatic heterocycles. The molecule has 1 heterocycles. The van der Waals surface area contributed by atoms with Crippen LogP contribution in [0.5, 0.6) is 0 Å². The molecule has 0 radical (unpaired) electrons. The summed E-state index contributed by atoms with van der Waals surface area (Å²) in [6.45, 7) is 2.31. The topological polar surface area (TPSA) is 69.7 Å². The molecular weight excluding hydrogens is 378 g/mol. The number of amides is 2. The minimum Gasteiger partial charge on any atom is -0.368 e. The van der Waals surface area contributed by atoms with Gasteiger partial charge >= 0.3 is 0 Å². The second-order valence-corrected chi connectivity index (χ2v) is 7.05. The van der Waals surface area contributed by atoms with Gasteiger partial charge in [-0.2, -0.15) is 0 Å². The first-order valence-electron chi connectivity index (χ1n) is 9.16. The van der Waals surface area contributed by atoms with Crippen LogP contribution in [0.4, 0.5) is 5.69 Å². The summed E-state index contributed by atoms with van der Waals surface area (Å²) in [5.41, 5.74) is 1.80. The van der Waals surface area contributed by atoms with E-state index in [-0.39, 0.29) is 18.9 Å². The number of piperazine rings is 1. The van der Waals surface area contributed by atoms with E-state index in [9.17, 15) is 14.4 Å². The van der Waals surface area contributed by atoms with Gasteiger partial charge in [-0.05, 0) is 23.8 Å². The predicted molar refractivity (Wildman–Crippen MR) is 108 cm³/mol. The fourth-order valence-corrected chi connectivity index (χ4v) is 3.30. The highest BCUT2D eigenvalue weighted by Crippen LogP contribution is 2.20. The first-order chi connectivity index (χ1) is 13.5. The van der Waals surface area contributed by atoms with Gasteiger partial charge in [0.15, 0.2) is 0 Å². The van der Waals surface area contributed by atoms with Crippen molar-refractivity contribution in [3.05, 3.63) is 65.2 Å². The Morgan fingerprint density at radius 3 is 2.32 bits per heavy atom. The van der Waals surface area contributed by atoms with Crippen molar-refractivity contribution in [1.29, 1.82) is 0 Å². The summed E-state index contributed by atoms with van der Waals surface area (Å²) in [6, 6.07) is 16.7. The molecule has 146 valence electrons. The highest BCUT2D eigenvalue weighted by molar-refractivity contribution is 6.36. The van der Waals surface area contributed by atoms with Crippen molar-refractivity contribution in [2.45, 2.75) is 6.42 Å². The lowest BCUT2D eigenvalue weighted by atomic mass is 10.1. The fraction of sp³-hybridized carbons (Fsp3) is 0.286. The van der Waals surface area contributed by atoms with Crippen molar-refractivity contribution in [3.8, 4) is 0 Å². The molecule has 7 heteroatoms. The molecule has 2 amide bonds. The van der Waals surface area contributed by atoms with E-state index >= 15 is 0 Å². The summed E-state index contributed by atoms with van der Waals surface area (Å²) in [5, 5.41) is 3.12. The summed E-state index contributed by atoms with van der Waals surface area (Å²) in [5.74, 6) is -1.47. The van der Waals surface area contributed by atoms with E-state index in [1.807, 2.05) is 42.5 Å². The molecule has 1 aliphatic rings. The zero-order valence-corrected chi connectivity index (χ0v) is 16.2. The number of carbonyl (C=O) groups excluding carboxylic acids is 3. The third-order valence-corrected chi connectivity index (χ3v) is 4.90. The van der Waals surface area contributed by atoms with Crippen molar-refractivity contribution in [2.75, 3.05) is 37.6 Å². The molecule has 2 aromatic rings. The van der Waals surface area contributed by atoms with E-state index in [1.54, 1.807) is 17.0 Å². The molecule has 0 spiro atoms. The van der Waals surface area contributed by atoms with Crippen molar-refractivity contribution in [1.82, 2.24) is 10.2 Å². The van der Waals surface area contributed by atoms with E-state index in [2.05, 4.69) is 10.2 Å². The molecular formula is C21H22ClN3O3. The second kappa shape index (κ2) is 9.37. The minimum absolute atomic E-state index is 0.0270. The fourth-order valence-electron chi connectivity index (χ4n) is 3.11. The van der Waals surface area contributed by atoms with Crippen LogP contribution in [0.1, 0.15) is 5.56 Å². The van der Waals surface area contributed by atoms with Gasteiger partial charge in [-0.3, -0.25) is 14.4 Å². The van der Waals surface area contributed by atoms with Crippen LogP contribution in [-0.2, 0) is 20.8 Å². The number of anilines is 1. The Labute approximate surface area is 169 Å². The zero-order valence-electron chi connectivity index (χ0n) is 15.4. The van der Waals surface area contributed by atoms with Crippen LogP contribution in [0, 0.1) is 0 Å². The smallest absolute Gasteiger partial charge is 0.288 e. The number of hydrogen-bond donors (Lipinski definition) is 1. The van der Waals surface area contributed by atoms with E-state index in [1.165, 1.54) is 0 Å². The third-order valence-electron chi connectivity index (χ3n) is 4.67. The number of rotatable bonds is 6. The van der Waals surface area contributed by atoms with Crippen molar-refractivity contribution >= 4 is 34.9 Å². The summed E-state index contributed by atoms with van der Waals surface area (Å²) < 4.78 is 0. The highest BCUT2D eigenvalue weighted by atomic mass is 35.5. The van der Waals surface area contributed by atoms with Crippen LogP contribution in [0.15, 0.2) is 54.6 Å². The Balaban J connectivity index is 1.43. The third kappa shape index (κ3) is 5.33. The highest BCUT2D eigenvalue weighted by Gasteiger charge is 2.22. The van der Waals surface area contributed by atoms with Gasteiger partial charge in [0.25, 0.3) is 5.91 Å². The lowest BCUT2D eigenvalue weighted by Crippen LogP contribution is -2.51. The van der Waals surface area contributed by atoms with Gasteiger partial charge in [0, 0.05) is 43.3 Å². The largest absolute Gasteiger partial charge is 0.368 e. The standard InChI is InChI=1S/C21H22ClN3O3/c22-17-7-4-8-18(14-17)24-9-11-25(12-10-24)20(27)15-23-21(28)19(26)13-16-5-2-1-3-6-16/h1-8,14H,9-13,15H2,(H,23,28). The van der Waals surface area contributed by atoms with E-state index in [0.717, 1.165) is 11.3 Å². The number of nitrogens with zero attached hydrogens (tertiary/aromatic N) is 2. The molecule has 1 saturated heterocycles. The van der Waals surface area contributed by atoms with Gasteiger partial charge in [0.2, 0.25) is 11.7 Å². The molecule has 0 bridgehead atoms. The molecule has 2 aromatic carbocycles. The normalized spacial score (nSPS) is 13.9. The summed E-state index contributed by atoms with van der Waals surface area (Å²) in [7, 11) is 0. The van der Waals surface area contributed by atoms with Crippen LogP contribution in [0.3, 0.4) is 0 Å². The molecule has 1 fully saturated rings. The number of Topliss-reactive ketones (excluding diaryl/α,β-unsaturated/α-hetero) is 1. The average Bonchev–Trinajstić information content (AvgIpc) is 2.72. The van der Waals surface area contributed by atoms with Crippen LogP contribution in [-0.4, -0.2) is 55.2 Å². The maximum atomic E-state index is 12.3. The van der Waals surface area contributed by atoms with Gasteiger partial charge in [-0.25, -0.2) is 0 Å². The number of nitrogens with one attached hydrogen (secondary N) is 1.